The molecule has 0 aromatic heterocycles. The van der Waals surface area contributed by atoms with Crippen molar-refractivity contribution in [1.29, 1.82) is 0 Å². The van der Waals surface area contributed by atoms with Crippen molar-refractivity contribution < 1.29 is 4.74 Å². The van der Waals surface area contributed by atoms with Crippen LogP contribution in [0.5, 0.6) is 0 Å². The third-order valence-corrected chi connectivity index (χ3v) is 1.38. The van der Waals surface area contributed by atoms with Crippen LogP contribution in [0.4, 0.5) is 0 Å². The maximum absolute atomic E-state index is 5.08. The highest BCUT2D eigenvalue weighted by Crippen LogP contribution is 1.94. The molecule has 1 heteroatoms. The van der Waals surface area contributed by atoms with Crippen LogP contribution in [-0.4, -0.2) is 13.2 Å². The molecule has 0 heterocycles. The Morgan fingerprint density at radius 2 is 2.00 bits per heavy atom. The highest BCUT2D eigenvalue weighted by Gasteiger charge is 1.80. The molecule has 0 unspecified atom stereocenters. The zero-order valence-corrected chi connectivity index (χ0v) is 7.21. The zero-order valence-electron chi connectivity index (χ0n) is 7.21. The molecule has 0 N–H and O–H groups in total. The minimum Gasteiger partial charge on any atom is -0.369 e. The van der Waals surface area contributed by atoms with Crippen LogP contribution < -0.4 is 0 Å². The summed E-state index contributed by atoms with van der Waals surface area (Å²) < 4.78 is 5.08. The Kier molecular flexibility index (Phi) is 3.97. The molecule has 0 atom stereocenters. The molecule has 0 aliphatic carbocycles. The van der Waals surface area contributed by atoms with Gasteiger partial charge >= 0.3 is 0 Å². The molecular formula is C11H12O. The van der Waals surface area contributed by atoms with Gasteiger partial charge in [-0.2, -0.15) is 0 Å². The molecule has 62 valence electrons. The fourth-order valence-electron chi connectivity index (χ4n) is 0.813. The molecule has 0 bridgehead atoms. The first-order valence-corrected chi connectivity index (χ1v) is 4.05. The maximum Gasteiger partial charge on any atom is 0.108 e. The second kappa shape index (κ2) is 5.40. The summed E-state index contributed by atoms with van der Waals surface area (Å²) in [5.41, 5.74) is 1.04. The first kappa shape index (κ1) is 8.83. The van der Waals surface area contributed by atoms with E-state index in [1.807, 2.05) is 37.3 Å². The predicted molar refractivity (Wildman–Crippen MR) is 49.8 cm³/mol. The van der Waals surface area contributed by atoms with Crippen molar-refractivity contribution in [2.45, 2.75) is 6.92 Å². The lowest BCUT2D eigenvalue weighted by molar-refractivity contribution is 0.182. The van der Waals surface area contributed by atoms with Gasteiger partial charge in [0, 0.05) is 12.2 Å². The summed E-state index contributed by atoms with van der Waals surface area (Å²) >= 11 is 0. The molecule has 12 heavy (non-hydrogen) atoms. The smallest absolute Gasteiger partial charge is 0.108 e. The molecule has 1 aromatic rings. The number of rotatable bonds is 2. The van der Waals surface area contributed by atoms with E-state index in [0.717, 1.165) is 12.2 Å². The lowest BCUT2D eigenvalue weighted by Gasteiger charge is -1.89. The Morgan fingerprint density at radius 1 is 1.25 bits per heavy atom. The van der Waals surface area contributed by atoms with Crippen LogP contribution >= 0.6 is 0 Å². The Bertz CT molecular complexity index is 266. The number of benzene rings is 1. The molecule has 1 rings (SSSR count). The molecule has 0 radical (unpaired) electrons. The summed E-state index contributed by atoms with van der Waals surface area (Å²) in [6.45, 7) is 3.21. The van der Waals surface area contributed by atoms with Crippen molar-refractivity contribution in [3.8, 4) is 11.8 Å². The van der Waals surface area contributed by atoms with E-state index in [1.54, 1.807) is 0 Å². The molecule has 0 saturated heterocycles. The van der Waals surface area contributed by atoms with Crippen molar-refractivity contribution in [2.24, 2.45) is 0 Å². The zero-order chi connectivity index (χ0) is 8.65. The van der Waals surface area contributed by atoms with Crippen LogP contribution in [0.1, 0.15) is 12.5 Å². The van der Waals surface area contributed by atoms with Crippen molar-refractivity contribution in [1.82, 2.24) is 0 Å². The van der Waals surface area contributed by atoms with Gasteiger partial charge in [0.25, 0.3) is 0 Å². The lowest BCUT2D eigenvalue weighted by Crippen LogP contribution is -1.88. The summed E-state index contributed by atoms with van der Waals surface area (Å²) in [6, 6.07) is 9.90. The normalized spacial score (nSPS) is 8.75. The molecular weight excluding hydrogens is 148 g/mol. The standard InChI is InChI=1S/C11H12O/c1-2-12-10-6-9-11-7-4-3-5-8-11/h3-5,7-8H,2,10H2,1H3. The first-order chi connectivity index (χ1) is 5.93. The van der Waals surface area contributed by atoms with Crippen LogP contribution in [0.3, 0.4) is 0 Å². The quantitative estimate of drug-likeness (QED) is 0.475. The highest BCUT2D eigenvalue weighted by atomic mass is 16.5. The number of hydrogen-bond donors (Lipinski definition) is 0. The monoisotopic (exact) mass is 160 g/mol. The average molecular weight is 160 g/mol. The van der Waals surface area contributed by atoms with E-state index in [9.17, 15) is 0 Å². The van der Waals surface area contributed by atoms with Gasteiger partial charge in [-0.1, -0.05) is 30.0 Å². The molecule has 0 amide bonds. The highest BCUT2D eigenvalue weighted by molar-refractivity contribution is 5.33. The summed E-state index contributed by atoms with van der Waals surface area (Å²) in [7, 11) is 0. The molecule has 0 aliphatic heterocycles. The molecule has 0 spiro atoms. The van der Waals surface area contributed by atoms with Gasteiger partial charge in [0.15, 0.2) is 0 Å². The van der Waals surface area contributed by atoms with Crippen molar-refractivity contribution in [2.75, 3.05) is 13.2 Å². The summed E-state index contributed by atoms with van der Waals surface area (Å²) in [5.74, 6) is 5.93. The van der Waals surface area contributed by atoms with Gasteiger partial charge in [0.05, 0.1) is 0 Å². The summed E-state index contributed by atoms with van der Waals surface area (Å²) in [4.78, 5) is 0. The van der Waals surface area contributed by atoms with E-state index in [-0.39, 0.29) is 0 Å². The van der Waals surface area contributed by atoms with E-state index < -0.39 is 0 Å². The van der Waals surface area contributed by atoms with Crippen molar-refractivity contribution >= 4 is 0 Å². The third-order valence-electron chi connectivity index (χ3n) is 1.38. The Balaban J connectivity index is 2.44. The molecule has 0 aliphatic rings. The van der Waals surface area contributed by atoms with Crippen molar-refractivity contribution in [3.05, 3.63) is 35.9 Å². The Labute approximate surface area is 73.4 Å². The lowest BCUT2D eigenvalue weighted by atomic mass is 10.2. The largest absolute Gasteiger partial charge is 0.369 e. The molecule has 1 aromatic carbocycles. The Hall–Kier alpha value is -1.26. The van der Waals surface area contributed by atoms with Gasteiger partial charge in [-0.05, 0) is 19.1 Å². The summed E-state index contributed by atoms with van der Waals surface area (Å²) in [6.07, 6.45) is 0. The second-order valence-corrected chi connectivity index (χ2v) is 2.30. The third kappa shape index (κ3) is 3.23. The predicted octanol–water partition coefficient (Wildman–Crippen LogP) is 2.07. The topological polar surface area (TPSA) is 9.23 Å². The van der Waals surface area contributed by atoms with Gasteiger partial charge in [0.1, 0.15) is 6.61 Å². The average Bonchev–Trinajstić information content (AvgIpc) is 2.14. The second-order valence-electron chi connectivity index (χ2n) is 2.30. The maximum atomic E-state index is 5.08. The van der Waals surface area contributed by atoms with Crippen LogP contribution in [0.2, 0.25) is 0 Å². The van der Waals surface area contributed by atoms with E-state index in [4.69, 9.17) is 4.74 Å². The van der Waals surface area contributed by atoms with Gasteiger partial charge in [-0.15, -0.1) is 0 Å². The number of ether oxygens (including phenoxy) is 1. The van der Waals surface area contributed by atoms with E-state index in [1.165, 1.54) is 0 Å². The van der Waals surface area contributed by atoms with Crippen LogP contribution in [0.15, 0.2) is 30.3 Å². The first-order valence-electron chi connectivity index (χ1n) is 4.05. The Morgan fingerprint density at radius 3 is 2.67 bits per heavy atom. The van der Waals surface area contributed by atoms with Gasteiger partial charge < -0.3 is 4.74 Å². The van der Waals surface area contributed by atoms with Gasteiger partial charge in [-0.3, -0.25) is 0 Å². The van der Waals surface area contributed by atoms with Gasteiger partial charge in [0.2, 0.25) is 0 Å². The number of hydrogen-bond acceptors (Lipinski definition) is 1. The van der Waals surface area contributed by atoms with E-state index in [2.05, 4.69) is 11.8 Å². The minimum absolute atomic E-state index is 0.519. The van der Waals surface area contributed by atoms with Gasteiger partial charge in [-0.25, -0.2) is 0 Å². The fourth-order valence-corrected chi connectivity index (χ4v) is 0.813. The van der Waals surface area contributed by atoms with E-state index in [0.29, 0.717) is 6.61 Å². The molecule has 1 nitrogen and oxygen atoms in total. The van der Waals surface area contributed by atoms with Crippen LogP contribution in [0.25, 0.3) is 0 Å². The molecule has 0 fully saturated rings. The van der Waals surface area contributed by atoms with Crippen LogP contribution in [-0.2, 0) is 4.74 Å². The minimum atomic E-state index is 0.519. The molecule has 0 saturated carbocycles. The summed E-state index contributed by atoms with van der Waals surface area (Å²) in [5, 5.41) is 0. The van der Waals surface area contributed by atoms with Crippen molar-refractivity contribution in [3.63, 3.8) is 0 Å². The van der Waals surface area contributed by atoms with E-state index >= 15 is 0 Å². The van der Waals surface area contributed by atoms with Crippen LogP contribution in [0, 0.1) is 11.8 Å². The fraction of sp³-hybridized carbons (Fsp3) is 0.273. The SMILES string of the molecule is CCOCC#Cc1ccccc1.